The molecule has 1 saturated heterocycles. The summed E-state index contributed by atoms with van der Waals surface area (Å²) in [6, 6.07) is 0.864. The molecule has 124 valence electrons. The van der Waals surface area contributed by atoms with Gasteiger partial charge < -0.3 is 9.64 Å². The van der Waals surface area contributed by atoms with Gasteiger partial charge in [-0.3, -0.25) is 0 Å². The first kappa shape index (κ1) is 17.3. The van der Waals surface area contributed by atoms with Gasteiger partial charge in [-0.15, -0.1) is 0 Å². The predicted octanol–water partition coefficient (Wildman–Crippen LogP) is 5.02. The molecule has 0 aromatic carbocycles. The van der Waals surface area contributed by atoms with Gasteiger partial charge in [-0.1, -0.05) is 39.5 Å². The zero-order valence-electron chi connectivity index (χ0n) is 14.5. The van der Waals surface area contributed by atoms with Crippen LogP contribution >= 0.6 is 0 Å². The van der Waals surface area contributed by atoms with Crippen LogP contribution in [0.4, 0.5) is 0 Å². The van der Waals surface area contributed by atoms with E-state index in [1.807, 2.05) is 0 Å². The first-order valence-corrected chi connectivity index (χ1v) is 9.69. The van der Waals surface area contributed by atoms with Crippen molar-refractivity contribution in [3.05, 3.63) is 0 Å². The van der Waals surface area contributed by atoms with Gasteiger partial charge in [-0.05, 0) is 64.0 Å². The van der Waals surface area contributed by atoms with E-state index in [4.69, 9.17) is 4.74 Å². The molecular weight excluding hydrogens is 258 g/mol. The molecule has 0 unspecified atom stereocenters. The topological polar surface area (TPSA) is 12.5 Å². The molecule has 0 bridgehead atoms. The van der Waals surface area contributed by atoms with Crippen molar-refractivity contribution >= 4 is 0 Å². The van der Waals surface area contributed by atoms with Gasteiger partial charge in [0.2, 0.25) is 0 Å². The van der Waals surface area contributed by atoms with Gasteiger partial charge in [0.25, 0.3) is 0 Å². The average molecular weight is 296 g/mol. The molecule has 1 saturated carbocycles. The molecule has 2 aliphatic rings. The minimum absolute atomic E-state index is 0.565. The Hall–Kier alpha value is -0.0800. The van der Waals surface area contributed by atoms with Gasteiger partial charge in [0, 0.05) is 12.6 Å². The van der Waals surface area contributed by atoms with Crippen LogP contribution in [0.25, 0.3) is 0 Å². The summed E-state index contributed by atoms with van der Waals surface area (Å²) in [7, 11) is 0. The van der Waals surface area contributed by atoms with E-state index in [0.717, 1.165) is 18.6 Å². The minimum atomic E-state index is 0.565. The summed E-state index contributed by atoms with van der Waals surface area (Å²) in [6.07, 6.45) is 15.5. The fraction of sp³-hybridized carbons (Fsp3) is 1.00. The molecule has 0 aromatic rings. The molecule has 0 radical (unpaired) electrons. The van der Waals surface area contributed by atoms with E-state index in [9.17, 15) is 0 Å². The Labute approximate surface area is 132 Å². The van der Waals surface area contributed by atoms with Crippen molar-refractivity contribution in [2.45, 2.75) is 96.6 Å². The Kier molecular flexibility index (Phi) is 8.10. The van der Waals surface area contributed by atoms with E-state index in [0.29, 0.717) is 6.10 Å². The third-order valence-corrected chi connectivity index (χ3v) is 5.61. The van der Waals surface area contributed by atoms with E-state index in [-0.39, 0.29) is 0 Å². The van der Waals surface area contributed by atoms with Crippen molar-refractivity contribution in [1.82, 2.24) is 4.90 Å². The van der Waals surface area contributed by atoms with Crippen LogP contribution in [-0.2, 0) is 4.74 Å². The van der Waals surface area contributed by atoms with Crippen LogP contribution in [-0.4, -0.2) is 36.7 Å². The van der Waals surface area contributed by atoms with Gasteiger partial charge in [0.05, 0.1) is 6.10 Å². The molecule has 1 aliphatic heterocycles. The lowest BCUT2D eigenvalue weighted by molar-refractivity contribution is 0.000268. The van der Waals surface area contributed by atoms with Crippen LogP contribution in [0.15, 0.2) is 0 Å². The molecule has 0 aromatic heterocycles. The zero-order valence-corrected chi connectivity index (χ0v) is 14.5. The first-order chi connectivity index (χ1) is 10.3. The van der Waals surface area contributed by atoms with Gasteiger partial charge >= 0.3 is 0 Å². The summed E-state index contributed by atoms with van der Waals surface area (Å²) in [6.45, 7) is 8.29. The van der Waals surface area contributed by atoms with Crippen molar-refractivity contribution in [3.8, 4) is 0 Å². The number of rotatable bonds is 8. The molecule has 2 nitrogen and oxygen atoms in total. The molecule has 0 N–H and O–H groups in total. The number of nitrogens with zero attached hydrogens (tertiary/aromatic N) is 1. The van der Waals surface area contributed by atoms with E-state index >= 15 is 0 Å². The maximum absolute atomic E-state index is 6.05. The van der Waals surface area contributed by atoms with Crippen LogP contribution < -0.4 is 0 Å². The highest BCUT2D eigenvalue weighted by atomic mass is 16.5. The highest BCUT2D eigenvalue weighted by molar-refractivity contribution is 4.83. The zero-order chi connectivity index (χ0) is 14.9. The Morgan fingerprint density at radius 2 is 1.57 bits per heavy atom. The normalized spacial score (nSPS) is 28.9. The summed E-state index contributed by atoms with van der Waals surface area (Å²) < 4.78 is 6.05. The van der Waals surface area contributed by atoms with Crippen LogP contribution in [0, 0.1) is 5.92 Å². The summed E-state index contributed by atoms with van der Waals surface area (Å²) >= 11 is 0. The fourth-order valence-electron chi connectivity index (χ4n) is 4.19. The fourth-order valence-corrected chi connectivity index (χ4v) is 4.19. The monoisotopic (exact) mass is 295 g/mol. The van der Waals surface area contributed by atoms with E-state index in [1.165, 1.54) is 83.7 Å². The molecular formula is C19H37NO. The molecule has 0 amide bonds. The lowest BCUT2D eigenvalue weighted by Crippen LogP contribution is -2.44. The maximum atomic E-state index is 6.05. The van der Waals surface area contributed by atoms with Crippen molar-refractivity contribution in [2.75, 3.05) is 19.7 Å². The number of piperidine rings is 1. The molecule has 2 rings (SSSR count). The molecule has 21 heavy (non-hydrogen) atoms. The number of hydrogen-bond acceptors (Lipinski definition) is 2. The van der Waals surface area contributed by atoms with Crippen LogP contribution in [0.5, 0.6) is 0 Å². The second-order valence-electron chi connectivity index (χ2n) is 7.28. The van der Waals surface area contributed by atoms with Crippen molar-refractivity contribution in [2.24, 2.45) is 5.92 Å². The van der Waals surface area contributed by atoms with Crippen LogP contribution in [0.2, 0.25) is 0 Å². The molecule has 1 aliphatic carbocycles. The third kappa shape index (κ3) is 5.90. The molecule has 0 spiro atoms. The SMILES string of the molecule is CCCCCOC1CCC(N2CCC(CCC)CC2)CC1. The highest BCUT2D eigenvalue weighted by Crippen LogP contribution is 2.29. The van der Waals surface area contributed by atoms with Crippen molar-refractivity contribution in [3.63, 3.8) is 0 Å². The number of ether oxygens (including phenoxy) is 1. The second-order valence-corrected chi connectivity index (χ2v) is 7.28. The lowest BCUT2D eigenvalue weighted by Gasteiger charge is -2.40. The molecule has 2 fully saturated rings. The van der Waals surface area contributed by atoms with Gasteiger partial charge in [0.1, 0.15) is 0 Å². The molecule has 2 heteroatoms. The lowest BCUT2D eigenvalue weighted by atomic mass is 9.87. The molecule has 1 heterocycles. The third-order valence-electron chi connectivity index (χ3n) is 5.61. The standard InChI is InChI=1S/C19H37NO/c1-3-5-6-16-21-19-10-8-18(9-11-19)20-14-12-17(7-4-2)13-15-20/h17-19H,3-16H2,1-2H3. The number of likely N-dealkylation sites (tertiary alicyclic amines) is 1. The van der Waals surface area contributed by atoms with Crippen LogP contribution in [0.1, 0.15) is 84.5 Å². The van der Waals surface area contributed by atoms with Gasteiger partial charge in [-0.2, -0.15) is 0 Å². The quantitative estimate of drug-likeness (QED) is 0.583. The Balaban J connectivity index is 1.59. The Bertz CT molecular complexity index is 252. The van der Waals surface area contributed by atoms with Crippen LogP contribution in [0.3, 0.4) is 0 Å². The van der Waals surface area contributed by atoms with E-state index in [1.54, 1.807) is 0 Å². The number of unbranched alkanes of at least 4 members (excludes halogenated alkanes) is 2. The summed E-state index contributed by atoms with van der Waals surface area (Å²) in [5.74, 6) is 1.02. The Morgan fingerprint density at radius 3 is 2.19 bits per heavy atom. The highest BCUT2D eigenvalue weighted by Gasteiger charge is 2.28. The smallest absolute Gasteiger partial charge is 0.0576 e. The summed E-state index contributed by atoms with van der Waals surface area (Å²) in [5.41, 5.74) is 0. The summed E-state index contributed by atoms with van der Waals surface area (Å²) in [5, 5.41) is 0. The largest absolute Gasteiger partial charge is 0.378 e. The van der Waals surface area contributed by atoms with Crippen molar-refractivity contribution < 1.29 is 4.74 Å². The minimum Gasteiger partial charge on any atom is -0.378 e. The van der Waals surface area contributed by atoms with E-state index < -0.39 is 0 Å². The van der Waals surface area contributed by atoms with Crippen molar-refractivity contribution in [1.29, 1.82) is 0 Å². The van der Waals surface area contributed by atoms with E-state index in [2.05, 4.69) is 18.7 Å². The summed E-state index contributed by atoms with van der Waals surface area (Å²) in [4.78, 5) is 2.79. The van der Waals surface area contributed by atoms with Gasteiger partial charge in [-0.25, -0.2) is 0 Å². The first-order valence-electron chi connectivity index (χ1n) is 9.69. The Morgan fingerprint density at radius 1 is 0.857 bits per heavy atom. The maximum Gasteiger partial charge on any atom is 0.0576 e. The average Bonchev–Trinajstić information content (AvgIpc) is 2.53. The molecule has 0 atom stereocenters. The second kappa shape index (κ2) is 9.84. The predicted molar refractivity (Wildman–Crippen MR) is 90.7 cm³/mol. The number of hydrogen-bond donors (Lipinski definition) is 0. The van der Waals surface area contributed by atoms with Gasteiger partial charge in [0.15, 0.2) is 0 Å².